The molecular formula is C16H11Cl2N3O3S2. The van der Waals surface area contributed by atoms with E-state index in [0.717, 1.165) is 22.5 Å². The number of benzene rings is 1. The minimum atomic E-state index is -0.644. The van der Waals surface area contributed by atoms with Crippen molar-refractivity contribution in [1.29, 1.82) is 0 Å². The van der Waals surface area contributed by atoms with Crippen molar-refractivity contribution in [2.75, 3.05) is 5.32 Å². The maximum atomic E-state index is 12.4. The van der Waals surface area contributed by atoms with E-state index in [0.29, 0.717) is 26.4 Å². The van der Waals surface area contributed by atoms with Crippen LogP contribution in [0.4, 0.5) is 10.5 Å². The van der Waals surface area contributed by atoms with E-state index in [-0.39, 0.29) is 4.32 Å². The van der Waals surface area contributed by atoms with Crippen molar-refractivity contribution in [3.05, 3.63) is 56.8 Å². The van der Waals surface area contributed by atoms with Gasteiger partial charge >= 0.3 is 6.03 Å². The number of carbonyl (C=O) groups excluding carboxylic acids is 2. The van der Waals surface area contributed by atoms with Crippen molar-refractivity contribution >= 4 is 75.2 Å². The summed E-state index contributed by atoms with van der Waals surface area (Å²) in [6.07, 6.45) is 1.57. The molecule has 26 heavy (non-hydrogen) atoms. The monoisotopic (exact) mass is 427 g/mol. The fraction of sp³-hybridized carbons (Fsp3) is 0.0625. The van der Waals surface area contributed by atoms with Crippen molar-refractivity contribution in [3.63, 3.8) is 0 Å². The number of rotatable bonds is 3. The molecule has 0 bridgehead atoms. The second-order valence-electron chi connectivity index (χ2n) is 5.16. The van der Waals surface area contributed by atoms with Crippen LogP contribution in [0.25, 0.3) is 6.08 Å². The first kappa shape index (κ1) is 18.8. The van der Waals surface area contributed by atoms with Gasteiger partial charge in [0.2, 0.25) is 0 Å². The summed E-state index contributed by atoms with van der Waals surface area (Å²) in [5, 5.41) is 4.21. The van der Waals surface area contributed by atoms with E-state index in [2.05, 4.69) is 10.7 Å². The molecule has 3 amide bonds. The number of hydrogen-bond acceptors (Lipinski definition) is 5. The summed E-state index contributed by atoms with van der Waals surface area (Å²) in [7, 11) is 0. The van der Waals surface area contributed by atoms with E-state index < -0.39 is 11.9 Å². The van der Waals surface area contributed by atoms with Gasteiger partial charge in [0, 0.05) is 11.8 Å². The van der Waals surface area contributed by atoms with E-state index >= 15 is 0 Å². The third-order valence-electron chi connectivity index (χ3n) is 3.22. The predicted octanol–water partition coefficient (Wildman–Crippen LogP) is 4.83. The van der Waals surface area contributed by atoms with Crippen LogP contribution in [0.3, 0.4) is 0 Å². The molecule has 0 unspecified atom stereocenters. The minimum absolute atomic E-state index is 0.203. The highest BCUT2D eigenvalue weighted by Crippen LogP contribution is 2.31. The number of hydrazine groups is 1. The van der Waals surface area contributed by atoms with Crippen molar-refractivity contribution in [2.24, 2.45) is 0 Å². The molecule has 1 aliphatic heterocycles. The summed E-state index contributed by atoms with van der Waals surface area (Å²) in [5.41, 5.74) is 2.83. The zero-order valence-electron chi connectivity index (χ0n) is 13.2. The molecular weight excluding hydrogens is 417 g/mol. The number of carbonyl (C=O) groups is 2. The second-order valence-corrected chi connectivity index (χ2v) is 7.65. The molecule has 1 fully saturated rings. The third-order valence-corrected chi connectivity index (χ3v) is 5.26. The van der Waals surface area contributed by atoms with Crippen LogP contribution in [0.2, 0.25) is 10.0 Å². The first-order valence-electron chi connectivity index (χ1n) is 7.20. The van der Waals surface area contributed by atoms with Gasteiger partial charge in [0.15, 0.2) is 4.32 Å². The molecule has 6 nitrogen and oxygen atoms in total. The zero-order valence-corrected chi connectivity index (χ0v) is 16.4. The first-order valence-corrected chi connectivity index (χ1v) is 9.18. The van der Waals surface area contributed by atoms with Crippen LogP contribution < -0.4 is 10.7 Å². The van der Waals surface area contributed by atoms with Crippen molar-refractivity contribution in [2.45, 2.75) is 6.92 Å². The Labute approximate surface area is 168 Å². The molecule has 0 spiro atoms. The highest BCUT2D eigenvalue weighted by molar-refractivity contribution is 8.26. The van der Waals surface area contributed by atoms with Gasteiger partial charge in [0.25, 0.3) is 5.91 Å². The fourth-order valence-corrected chi connectivity index (χ4v) is 3.52. The van der Waals surface area contributed by atoms with Gasteiger partial charge in [-0.15, -0.1) is 0 Å². The molecule has 1 saturated heterocycles. The van der Waals surface area contributed by atoms with Crippen LogP contribution in [0, 0.1) is 6.92 Å². The van der Waals surface area contributed by atoms with Crippen LogP contribution >= 0.6 is 47.2 Å². The molecule has 0 radical (unpaired) electrons. The Bertz CT molecular complexity index is 943. The molecule has 1 aromatic heterocycles. The van der Waals surface area contributed by atoms with Crippen molar-refractivity contribution < 1.29 is 14.0 Å². The van der Waals surface area contributed by atoms with Gasteiger partial charge in [0.05, 0.1) is 15.0 Å². The van der Waals surface area contributed by atoms with Gasteiger partial charge in [-0.1, -0.05) is 35.0 Å². The molecule has 2 heterocycles. The lowest BCUT2D eigenvalue weighted by atomic mass is 10.3. The van der Waals surface area contributed by atoms with Crippen LogP contribution in [-0.2, 0) is 4.79 Å². The minimum Gasteiger partial charge on any atom is -0.462 e. The summed E-state index contributed by atoms with van der Waals surface area (Å²) in [5.74, 6) is 0.812. The summed E-state index contributed by atoms with van der Waals surface area (Å²) >= 11 is 18.0. The van der Waals surface area contributed by atoms with E-state index in [4.69, 9.17) is 39.8 Å². The largest absolute Gasteiger partial charge is 0.462 e. The predicted molar refractivity (Wildman–Crippen MR) is 107 cm³/mol. The average Bonchev–Trinajstić information content (AvgIpc) is 3.09. The maximum absolute atomic E-state index is 12.4. The molecule has 2 N–H and O–H groups in total. The lowest BCUT2D eigenvalue weighted by molar-refractivity contribution is -0.123. The summed E-state index contributed by atoms with van der Waals surface area (Å²) < 4.78 is 5.62. The molecule has 3 rings (SSSR count). The number of nitrogens with zero attached hydrogens (tertiary/aromatic N) is 1. The first-order chi connectivity index (χ1) is 12.3. The topological polar surface area (TPSA) is 74.6 Å². The van der Waals surface area contributed by atoms with Crippen LogP contribution in [0.1, 0.15) is 11.5 Å². The van der Waals surface area contributed by atoms with Crippen LogP contribution in [-0.4, -0.2) is 21.3 Å². The Morgan fingerprint density at radius 1 is 1.27 bits per heavy atom. The van der Waals surface area contributed by atoms with Crippen LogP contribution in [0.15, 0.2) is 39.7 Å². The highest BCUT2D eigenvalue weighted by Gasteiger charge is 2.34. The van der Waals surface area contributed by atoms with Gasteiger partial charge in [-0.2, -0.15) is 5.01 Å². The van der Waals surface area contributed by atoms with E-state index in [1.165, 1.54) is 6.07 Å². The van der Waals surface area contributed by atoms with Gasteiger partial charge < -0.3 is 9.73 Å². The van der Waals surface area contributed by atoms with Crippen molar-refractivity contribution in [3.8, 4) is 0 Å². The number of urea groups is 1. The van der Waals surface area contributed by atoms with Gasteiger partial charge in [0.1, 0.15) is 11.5 Å². The SMILES string of the molecule is Cc1ccc(/C=C2/SC(=S)N(NC(=O)Nc3ccc(Cl)c(Cl)c3)C2=O)o1. The van der Waals surface area contributed by atoms with Gasteiger partial charge in [-0.05, 0) is 49.5 Å². The Morgan fingerprint density at radius 2 is 2.04 bits per heavy atom. The lowest BCUT2D eigenvalue weighted by Gasteiger charge is -2.16. The van der Waals surface area contributed by atoms with Crippen molar-refractivity contribution in [1.82, 2.24) is 10.4 Å². The van der Waals surface area contributed by atoms with E-state index in [9.17, 15) is 9.59 Å². The molecule has 0 aliphatic carbocycles. The average molecular weight is 428 g/mol. The number of nitrogens with one attached hydrogen (secondary N) is 2. The number of hydrogen-bond donors (Lipinski definition) is 2. The summed E-state index contributed by atoms with van der Waals surface area (Å²) in [4.78, 5) is 24.9. The molecule has 0 atom stereocenters. The molecule has 1 aromatic carbocycles. The lowest BCUT2D eigenvalue weighted by Crippen LogP contribution is -2.46. The smallest absolute Gasteiger partial charge is 0.338 e. The molecule has 0 saturated carbocycles. The number of halogens is 2. The standard InChI is InChI=1S/C16H11Cl2N3O3S2/c1-8-2-4-10(24-8)7-13-14(22)21(16(25)26-13)20-15(23)19-9-3-5-11(17)12(18)6-9/h2-7H,1H3,(H2,19,20,23)/b13-7+. The number of anilines is 1. The van der Waals surface area contributed by atoms with E-state index in [1.54, 1.807) is 37.3 Å². The number of amides is 3. The second kappa shape index (κ2) is 7.71. The van der Waals surface area contributed by atoms with E-state index in [1.807, 2.05) is 0 Å². The highest BCUT2D eigenvalue weighted by atomic mass is 35.5. The third kappa shape index (κ3) is 4.21. The number of aryl methyl sites for hydroxylation is 1. The van der Waals surface area contributed by atoms with Gasteiger partial charge in [-0.3, -0.25) is 4.79 Å². The Kier molecular flexibility index (Phi) is 5.57. The molecule has 134 valence electrons. The zero-order chi connectivity index (χ0) is 18.8. The summed E-state index contributed by atoms with van der Waals surface area (Å²) in [6, 6.07) is 7.51. The Balaban J connectivity index is 1.68. The van der Waals surface area contributed by atoms with Crippen LogP contribution in [0.5, 0.6) is 0 Å². The number of thioether (sulfide) groups is 1. The Hall–Kier alpha value is -2.00. The molecule has 10 heteroatoms. The quantitative estimate of drug-likeness (QED) is 0.541. The number of thiocarbonyl (C=S) groups is 1. The molecule has 2 aromatic rings. The maximum Gasteiger partial charge on any atom is 0.338 e. The summed E-state index contributed by atoms with van der Waals surface area (Å²) in [6.45, 7) is 1.80. The fourth-order valence-electron chi connectivity index (χ4n) is 2.06. The Morgan fingerprint density at radius 3 is 2.69 bits per heavy atom. The van der Waals surface area contributed by atoms with Gasteiger partial charge in [-0.25, -0.2) is 10.2 Å². The normalized spacial score (nSPS) is 15.7. The molecule has 1 aliphatic rings. The number of furan rings is 1.